The second kappa shape index (κ2) is 4.91. The van der Waals surface area contributed by atoms with Crippen LogP contribution in [0.1, 0.15) is 12.5 Å². The van der Waals surface area contributed by atoms with Crippen molar-refractivity contribution in [1.29, 1.82) is 0 Å². The Morgan fingerprint density at radius 3 is 2.89 bits per heavy atom. The fraction of sp³-hybridized carbons (Fsp3) is 0.200. The molecule has 1 unspecified atom stereocenters. The molecule has 2 aromatic rings. The van der Waals surface area contributed by atoms with E-state index >= 15 is 0 Å². The molecule has 4 heteroatoms. The maximum Gasteiger partial charge on any atom is 0.138 e. The van der Waals surface area contributed by atoms with Gasteiger partial charge in [-0.15, -0.1) is 11.3 Å². The Balaban J connectivity index is 1.98. The summed E-state index contributed by atoms with van der Waals surface area (Å²) in [7, 11) is 0. The molecule has 1 aliphatic rings. The minimum atomic E-state index is -0.0883. The van der Waals surface area contributed by atoms with Gasteiger partial charge in [-0.05, 0) is 48.7 Å². The van der Waals surface area contributed by atoms with Gasteiger partial charge in [0.25, 0.3) is 0 Å². The zero-order valence-corrected chi connectivity index (χ0v) is 12.0. The number of carbonyl (C=O) groups excluding carboxylic acids is 1. The van der Waals surface area contributed by atoms with Crippen molar-refractivity contribution in [2.75, 3.05) is 0 Å². The number of benzene rings is 1. The van der Waals surface area contributed by atoms with E-state index in [-0.39, 0.29) is 11.7 Å². The normalized spacial score (nSPS) is 17.3. The van der Waals surface area contributed by atoms with E-state index in [2.05, 4.69) is 11.1 Å². The zero-order valence-electron chi connectivity index (χ0n) is 10.4. The van der Waals surface area contributed by atoms with E-state index in [9.17, 15) is 4.79 Å². The van der Waals surface area contributed by atoms with Crippen LogP contribution in [0.2, 0.25) is 4.34 Å². The second-order valence-electron chi connectivity index (χ2n) is 4.65. The lowest BCUT2D eigenvalue weighted by Crippen LogP contribution is -2.18. The van der Waals surface area contributed by atoms with Crippen LogP contribution in [0.25, 0.3) is 10.4 Å². The SMILES string of the molecule is CC(=O)C1C=Nc2ccc(-c3ccc(Cl)s3)cc2C1. The van der Waals surface area contributed by atoms with E-state index in [1.54, 1.807) is 24.5 Å². The summed E-state index contributed by atoms with van der Waals surface area (Å²) in [4.78, 5) is 17.0. The van der Waals surface area contributed by atoms with Gasteiger partial charge in [0.05, 0.1) is 15.9 Å². The number of ketones is 1. The van der Waals surface area contributed by atoms with E-state index < -0.39 is 0 Å². The first kappa shape index (κ1) is 12.6. The molecule has 2 nitrogen and oxygen atoms in total. The summed E-state index contributed by atoms with van der Waals surface area (Å²) in [5, 5.41) is 0. The Bertz CT molecular complexity index is 675. The second-order valence-corrected chi connectivity index (χ2v) is 6.36. The third kappa shape index (κ3) is 2.48. The van der Waals surface area contributed by atoms with Crippen LogP contribution >= 0.6 is 22.9 Å². The fourth-order valence-electron chi connectivity index (χ4n) is 2.21. The van der Waals surface area contributed by atoms with E-state index in [0.717, 1.165) is 32.4 Å². The van der Waals surface area contributed by atoms with Gasteiger partial charge < -0.3 is 0 Å². The Morgan fingerprint density at radius 1 is 1.37 bits per heavy atom. The summed E-state index contributed by atoms with van der Waals surface area (Å²) < 4.78 is 0.785. The molecule has 0 fully saturated rings. The van der Waals surface area contributed by atoms with Crippen molar-refractivity contribution in [3.05, 3.63) is 40.2 Å². The van der Waals surface area contributed by atoms with E-state index in [0.29, 0.717) is 0 Å². The number of aliphatic imine (C=N–C) groups is 1. The Kier molecular flexibility index (Phi) is 3.25. The topological polar surface area (TPSA) is 29.4 Å². The highest BCUT2D eigenvalue weighted by atomic mass is 35.5. The molecule has 1 aromatic carbocycles. The molecule has 0 aliphatic carbocycles. The molecule has 0 radical (unpaired) electrons. The monoisotopic (exact) mass is 289 g/mol. The van der Waals surface area contributed by atoms with Gasteiger partial charge in [-0.1, -0.05) is 17.7 Å². The van der Waals surface area contributed by atoms with Crippen molar-refractivity contribution in [2.45, 2.75) is 13.3 Å². The molecule has 2 heterocycles. The number of nitrogens with zero attached hydrogens (tertiary/aromatic N) is 1. The molecular formula is C15H12ClNOS. The van der Waals surface area contributed by atoms with Crippen LogP contribution < -0.4 is 0 Å². The molecule has 1 aromatic heterocycles. The van der Waals surface area contributed by atoms with Crippen molar-refractivity contribution >= 4 is 40.6 Å². The minimum absolute atomic E-state index is 0.0883. The van der Waals surface area contributed by atoms with Crippen molar-refractivity contribution in [3.63, 3.8) is 0 Å². The number of rotatable bonds is 2. The van der Waals surface area contributed by atoms with Crippen LogP contribution in [-0.2, 0) is 11.2 Å². The van der Waals surface area contributed by atoms with Crippen LogP contribution in [0.15, 0.2) is 35.3 Å². The highest BCUT2D eigenvalue weighted by Gasteiger charge is 2.19. The predicted molar refractivity (Wildman–Crippen MR) is 80.8 cm³/mol. The molecular weight excluding hydrogens is 278 g/mol. The quantitative estimate of drug-likeness (QED) is 0.798. The van der Waals surface area contributed by atoms with Gasteiger partial charge in [-0.2, -0.15) is 0 Å². The van der Waals surface area contributed by atoms with Crippen molar-refractivity contribution in [3.8, 4) is 10.4 Å². The molecule has 0 spiro atoms. The Morgan fingerprint density at radius 2 is 2.21 bits per heavy atom. The largest absolute Gasteiger partial charge is 0.299 e. The molecule has 0 amide bonds. The van der Waals surface area contributed by atoms with Gasteiger partial charge >= 0.3 is 0 Å². The van der Waals surface area contributed by atoms with Crippen molar-refractivity contribution in [1.82, 2.24) is 0 Å². The van der Waals surface area contributed by atoms with Gasteiger partial charge in [0.2, 0.25) is 0 Å². The van der Waals surface area contributed by atoms with Crippen LogP contribution in [0.5, 0.6) is 0 Å². The van der Waals surface area contributed by atoms with Crippen LogP contribution in [0, 0.1) is 5.92 Å². The van der Waals surface area contributed by atoms with E-state index in [1.165, 1.54) is 0 Å². The summed E-state index contributed by atoms with van der Waals surface area (Å²) in [5.74, 6) is 0.0774. The van der Waals surface area contributed by atoms with Crippen LogP contribution in [-0.4, -0.2) is 12.0 Å². The smallest absolute Gasteiger partial charge is 0.138 e. The standard InChI is InChI=1S/C15H12ClNOS/c1-9(18)12-7-11-6-10(2-3-13(11)17-8-12)14-4-5-15(16)19-14/h2-6,8,12H,7H2,1H3. The maximum absolute atomic E-state index is 11.5. The number of halogens is 1. The first-order valence-electron chi connectivity index (χ1n) is 6.07. The van der Waals surface area contributed by atoms with Gasteiger partial charge in [-0.25, -0.2) is 0 Å². The number of thiophene rings is 1. The van der Waals surface area contributed by atoms with Gasteiger partial charge in [0, 0.05) is 11.1 Å². The van der Waals surface area contributed by atoms with Gasteiger partial charge in [0.15, 0.2) is 0 Å². The number of carbonyl (C=O) groups is 1. The molecule has 0 bridgehead atoms. The molecule has 19 heavy (non-hydrogen) atoms. The van der Waals surface area contributed by atoms with E-state index in [1.807, 2.05) is 24.3 Å². The number of fused-ring (bicyclic) bond motifs is 1. The maximum atomic E-state index is 11.5. The molecule has 1 atom stereocenters. The van der Waals surface area contributed by atoms with Gasteiger partial charge in [-0.3, -0.25) is 9.79 Å². The first-order chi connectivity index (χ1) is 9.13. The number of Topliss-reactive ketones (excluding diaryl/α,β-unsaturated/α-hetero) is 1. The predicted octanol–water partition coefficient (Wildman–Crippen LogP) is 4.53. The fourth-order valence-corrected chi connectivity index (χ4v) is 3.25. The summed E-state index contributed by atoms with van der Waals surface area (Å²) in [5.41, 5.74) is 3.23. The third-order valence-corrected chi connectivity index (χ3v) is 4.57. The van der Waals surface area contributed by atoms with Gasteiger partial charge in [0.1, 0.15) is 5.78 Å². The molecule has 3 rings (SSSR count). The zero-order chi connectivity index (χ0) is 13.4. The number of hydrogen-bond donors (Lipinski definition) is 0. The molecule has 96 valence electrons. The molecule has 1 aliphatic heterocycles. The van der Waals surface area contributed by atoms with E-state index in [4.69, 9.17) is 11.6 Å². The lowest BCUT2D eigenvalue weighted by atomic mass is 9.92. The average Bonchev–Trinajstić information content (AvgIpc) is 2.84. The lowest BCUT2D eigenvalue weighted by Gasteiger charge is -2.16. The Labute approximate surface area is 120 Å². The Hall–Kier alpha value is -1.45. The van der Waals surface area contributed by atoms with Crippen molar-refractivity contribution in [2.24, 2.45) is 10.9 Å². The highest BCUT2D eigenvalue weighted by Crippen LogP contribution is 2.35. The molecule has 0 N–H and O–H groups in total. The molecule has 0 saturated carbocycles. The first-order valence-corrected chi connectivity index (χ1v) is 7.26. The van der Waals surface area contributed by atoms with Crippen molar-refractivity contribution < 1.29 is 4.79 Å². The average molecular weight is 290 g/mol. The summed E-state index contributed by atoms with van der Waals surface area (Å²) in [6.07, 6.45) is 2.49. The number of hydrogen-bond acceptors (Lipinski definition) is 3. The van der Waals surface area contributed by atoms with Crippen LogP contribution in [0.3, 0.4) is 0 Å². The summed E-state index contributed by atoms with van der Waals surface area (Å²) in [6, 6.07) is 10.1. The highest BCUT2D eigenvalue weighted by molar-refractivity contribution is 7.19. The lowest BCUT2D eigenvalue weighted by molar-refractivity contribution is -0.118. The minimum Gasteiger partial charge on any atom is -0.299 e. The third-order valence-electron chi connectivity index (χ3n) is 3.29. The van der Waals surface area contributed by atoms with Crippen LogP contribution in [0.4, 0.5) is 5.69 Å². The molecule has 0 saturated heterocycles. The summed E-state index contributed by atoms with van der Waals surface area (Å²) in [6.45, 7) is 1.62. The summed E-state index contributed by atoms with van der Waals surface area (Å²) >= 11 is 7.53.